The second-order valence-corrected chi connectivity index (χ2v) is 9.52. The molecule has 0 aliphatic carbocycles. The van der Waals surface area contributed by atoms with Gasteiger partial charge < -0.3 is 4.90 Å². The molecule has 0 bridgehead atoms. The average molecular weight is 460 g/mol. The summed E-state index contributed by atoms with van der Waals surface area (Å²) in [5.41, 5.74) is 4.72. The molecule has 0 radical (unpaired) electrons. The van der Waals surface area contributed by atoms with Gasteiger partial charge in [-0.05, 0) is 42.7 Å². The molecule has 2 aromatic carbocycles. The van der Waals surface area contributed by atoms with Gasteiger partial charge in [-0.3, -0.25) is 14.2 Å². The molecule has 7 nitrogen and oxygen atoms in total. The van der Waals surface area contributed by atoms with Gasteiger partial charge in [0.1, 0.15) is 5.39 Å². The number of rotatable bonds is 5. The van der Waals surface area contributed by atoms with Gasteiger partial charge in [0.05, 0.1) is 17.9 Å². The first-order valence-corrected chi connectivity index (χ1v) is 11.9. The summed E-state index contributed by atoms with van der Waals surface area (Å²) in [7, 11) is 1.80. The number of carbonyl (C=O) groups is 1. The molecule has 4 aromatic rings. The highest BCUT2D eigenvalue weighted by atomic mass is 32.2. The minimum absolute atomic E-state index is 0.00938. The van der Waals surface area contributed by atoms with Gasteiger partial charge in [0.25, 0.3) is 5.56 Å². The summed E-state index contributed by atoms with van der Waals surface area (Å²) in [6.07, 6.45) is 1.85. The molecule has 0 N–H and O–H groups in total. The summed E-state index contributed by atoms with van der Waals surface area (Å²) in [6.45, 7) is 4.66. The Morgan fingerprint density at radius 3 is 2.70 bits per heavy atom. The van der Waals surface area contributed by atoms with E-state index in [0.29, 0.717) is 28.5 Å². The van der Waals surface area contributed by atoms with Crippen LogP contribution in [0.3, 0.4) is 0 Å². The Kier molecular flexibility index (Phi) is 5.54. The third kappa shape index (κ3) is 3.95. The van der Waals surface area contributed by atoms with E-state index >= 15 is 0 Å². The largest absolute Gasteiger partial charge is 0.341 e. The molecule has 0 spiro atoms. The zero-order valence-corrected chi connectivity index (χ0v) is 19.7. The Morgan fingerprint density at radius 2 is 1.94 bits per heavy atom. The van der Waals surface area contributed by atoms with Crippen LogP contribution in [0.4, 0.5) is 0 Å². The Labute approximate surface area is 196 Å². The van der Waals surface area contributed by atoms with Gasteiger partial charge in [0.2, 0.25) is 5.91 Å². The van der Waals surface area contributed by atoms with Crippen LogP contribution >= 0.6 is 11.8 Å². The molecule has 1 aliphatic heterocycles. The zero-order valence-electron chi connectivity index (χ0n) is 18.9. The SMILES string of the molecule is Cc1ccc(-n2ncc3c(=O)n4c(nc32)SCC4CC(=O)N(C)Cc2ccccc2)cc1C. The lowest BCUT2D eigenvalue weighted by molar-refractivity contribution is -0.131. The van der Waals surface area contributed by atoms with Crippen LogP contribution in [0.25, 0.3) is 16.7 Å². The van der Waals surface area contributed by atoms with Crippen molar-refractivity contribution < 1.29 is 4.79 Å². The Balaban J connectivity index is 1.42. The van der Waals surface area contributed by atoms with Crippen molar-refractivity contribution in [2.24, 2.45) is 0 Å². The van der Waals surface area contributed by atoms with Crippen molar-refractivity contribution >= 4 is 28.7 Å². The number of nitrogens with zero attached hydrogens (tertiary/aromatic N) is 5. The molecule has 1 unspecified atom stereocenters. The highest BCUT2D eigenvalue weighted by Crippen LogP contribution is 2.34. The molecule has 168 valence electrons. The minimum atomic E-state index is -0.218. The molecule has 2 aromatic heterocycles. The highest BCUT2D eigenvalue weighted by Gasteiger charge is 2.30. The van der Waals surface area contributed by atoms with Crippen LogP contribution in [0.15, 0.2) is 64.7 Å². The number of aryl methyl sites for hydroxylation is 2. The first-order chi connectivity index (χ1) is 15.9. The first kappa shape index (κ1) is 21.5. The topological polar surface area (TPSA) is 73.0 Å². The molecule has 0 saturated carbocycles. The van der Waals surface area contributed by atoms with Gasteiger partial charge in [-0.15, -0.1) is 0 Å². The number of benzene rings is 2. The van der Waals surface area contributed by atoms with E-state index in [1.165, 1.54) is 17.3 Å². The molecule has 1 amide bonds. The maximum atomic E-state index is 13.4. The summed E-state index contributed by atoms with van der Waals surface area (Å²) in [5, 5.41) is 5.56. The maximum absolute atomic E-state index is 13.4. The normalized spacial score (nSPS) is 15.1. The Bertz CT molecular complexity index is 1410. The number of hydrogen-bond acceptors (Lipinski definition) is 5. The van der Waals surface area contributed by atoms with E-state index in [0.717, 1.165) is 16.8 Å². The van der Waals surface area contributed by atoms with Crippen LogP contribution in [-0.4, -0.2) is 42.9 Å². The van der Waals surface area contributed by atoms with E-state index in [1.54, 1.807) is 27.4 Å². The predicted octanol–water partition coefficient (Wildman–Crippen LogP) is 3.89. The van der Waals surface area contributed by atoms with Crippen molar-refractivity contribution in [2.45, 2.75) is 38.0 Å². The van der Waals surface area contributed by atoms with Crippen molar-refractivity contribution in [2.75, 3.05) is 12.8 Å². The summed E-state index contributed by atoms with van der Waals surface area (Å²) < 4.78 is 3.39. The fourth-order valence-electron chi connectivity index (χ4n) is 4.13. The maximum Gasteiger partial charge on any atom is 0.265 e. The van der Waals surface area contributed by atoms with Crippen LogP contribution in [0.1, 0.15) is 29.2 Å². The van der Waals surface area contributed by atoms with Crippen molar-refractivity contribution in [3.05, 3.63) is 81.8 Å². The molecular formula is C25H25N5O2S. The van der Waals surface area contributed by atoms with E-state index in [1.807, 2.05) is 48.5 Å². The second kappa shape index (κ2) is 8.51. The predicted molar refractivity (Wildman–Crippen MR) is 130 cm³/mol. The summed E-state index contributed by atoms with van der Waals surface area (Å²) in [6, 6.07) is 15.7. The van der Waals surface area contributed by atoms with E-state index in [9.17, 15) is 9.59 Å². The molecule has 8 heteroatoms. The summed E-state index contributed by atoms with van der Waals surface area (Å²) in [4.78, 5) is 32.8. The lowest BCUT2D eigenvalue weighted by Crippen LogP contribution is -2.31. The molecule has 3 heterocycles. The van der Waals surface area contributed by atoms with Crippen molar-refractivity contribution in [3.8, 4) is 5.69 Å². The Morgan fingerprint density at radius 1 is 1.15 bits per heavy atom. The number of carbonyl (C=O) groups excluding carboxylic acids is 1. The smallest absolute Gasteiger partial charge is 0.265 e. The van der Waals surface area contributed by atoms with Crippen molar-refractivity contribution in [3.63, 3.8) is 0 Å². The van der Waals surface area contributed by atoms with Crippen LogP contribution < -0.4 is 5.56 Å². The number of fused-ring (bicyclic) bond motifs is 2. The number of hydrogen-bond donors (Lipinski definition) is 0. The van der Waals surface area contributed by atoms with Crippen LogP contribution in [-0.2, 0) is 11.3 Å². The quantitative estimate of drug-likeness (QED) is 0.423. The molecular weight excluding hydrogens is 434 g/mol. The van der Waals surface area contributed by atoms with Gasteiger partial charge in [0.15, 0.2) is 10.8 Å². The monoisotopic (exact) mass is 459 g/mol. The first-order valence-electron chi connectivity index (χ1n) is 10.9. The third-order valence-corrected chi connectivity index (χ3v) is 7.30. The average Bonchev–Trinajstić information content (AvgIpc) is 3.41. The van der Waals surface area contributed by atoms with Crippen LogP contribution in [0.2, 0.25) is 0 Å². The molecule has 1 aliphatic rings. The number of thioether (sulfide) groups is 1. The van der Waals surface area contributed by atoms with Crippen molar-refractivity contribution in [1.82, 2.24) is 24.2 Å². The van der Waals surface area contributed by atoms with E-state index in [-0.39, 0.29) is 23.9 Å². The zero-order chi connectivity index (χ0) is 23.1. The van der Waals surface area contributed by atoms with Gasteiger partial charge in [-0.1, -0.05) is 48.2 Å². The molecule has 0 fully saturated rings. The van der Waals surface area contributed by atoms with Crippen molar-refractivity contribution in [1.29, 1.82) is 0 Å². The molecule has 5 rings (SSSR count). The van der Waals surface area contributed by atoms with Gasteiger partial charge >= 0.3 is 0 Å². The summed E-state index contributed by atoms with van der Waals surface area (Å²) >= 11 is 1.52. The van der Waals surface area contributed by atoms with E-state index in [2.05, 4.69) is 18.9 Å². The fraction of sp³-hybridized carbons (Fsp3) is 0.280. The summed E-state index contributed by atoms with van der Waals surface area (Å²) in [5.74, 6) is 0.659. The van der Waals surface area contributed by atoms with Gasteiger partial charge in [-0.25, -0.2) is 9.67 Å². The highest BCUT2D eigenvalue weighted by molar-refractivity contribution is 7.99. The molecule has 0 saturated heterocycles. The van der Waals surface area contributed by atoms with Gasteiger partial charge in [0, 0.05) is 25.8 Å². The minimum Gasteiger partial charge on any atom is -0.341 e. The van der Waals surface area contributed by atoms with Crippen LogP contribution in [0.5, 0.6) is 0 Å². The molecule has 1 atom stereocenters. The standard InChI is InChI=1S/C25H25N5O2S/c1-16-9-10-19(11-17(16)2)30-23-21(13-26-30)24(32)29-20(15-33-25(29)27-23)12-22(31)28(3)14-18-7-5-4-6-8-18/h4-11,13,20H,12,14-15H2,1-3H3. The Hall–Kier alpha value is -3.39. The number of aromatic nitrogens is 4. The fourth-order valence-corrected chi connectivity index (χ4v) is 5.26. The van der Waals surface area contributed by atoms with E-state index < -0.39 is 0 Å². The number of amides is 1. The third-order valence-electron chi connectivity index (χ3n) is 6.20. The van der Waals surface area contributed by atoms with Gasteiger partial charge in [-0.2, -0.15) is 5.10 Å². The lowest BCUT2D eigenvalue weighted by atomic mass is 10.1. The lowest BCUT2D eigenvalue weighted by Gasteiger charge is -2.20. The van der Waals surface area contributed by atoms with Crippen LogP contribution in [0, 0.1) is 13.8 Å². The molecule has 33 heavy (non-hydrogen) atoms. The van der Waals surface area contributed by atoms with E-state index in [4.69, 9.17) is 4.98 Å². The second-order valence-electron chi connectivity index (χ2n) is 8.54.